The number of carboxylic acid groups (broad SMARTS) is 1. The monoisotopic (exact) mass is 388 g/mol. The van der Waals surface area contributed by atoms with Crippen molar-refractivity contribution in [2.75, 3.05) is 4.31 Å². The van der Waals surface area contributed by atoms with Crippen LogP contribution in [0, 0.1) is 0 Å². The van der Waals surface area contributed by atoms with Gasteiger partial charge in [0.1, 0.15) is 0 Å². The Morgan fingerprint density at radius 1 is 0.815 bits per heavy atom. The molecule has 5 nitrogen and oxygen atoms in total. The van der Waals surface area contributed by atoms with Crippen LogP contribution in [0.25, 0.3) is 0 Å². The number of hydrogen-bond acceptors (Lipinski definition) is 4. The van der Waals surface area contributed by atoms with Gasteiger partial charge in [0.25, 0.3) is 10.0 Å². The number of rotatable bonds is 3. The summed E-state index contributed by atoms with van der Waals surface area (Å²) in [5.74, 6) is 0. The molecule has 0 aromatic heterocycles. The van der Waals surface area contributed by atoms with Gasteiger partial charge in [0.15, 0.2) is 6.09 Å². The number of carbonyl (C=O) groups excluding carboxylic acids is 1. The van der Waals surface area contributed by atoms with Crippen LogP contribution >= 0.6 is 0 Å². The lowest BCUT2D eigenvalue weighted by Crippen LogP contribution is -2.47. The van der Waals surface area contributed by atoms with Gasteiger partial charge in [-0.2, -0.15) is 0 Å². The van der Waals surface area contributed by atoms with Gasteiger partial charge in [0, 0.05) is 0 Å². The SMILES string of the molecule is CC(C)(C)c1cccc(C(C)(C)C)c1N(C(=O)[O-])S(=O)(=O)c1ccccc1. The van der Waals surface area contributed by atoms with Crippen LogP contribution in [0.2, 0.25) is 0 Å². The molecular formula is C21H26NO4S-. The number of benzene rings is 2. The van der Waals surface area contributed by atoms with Crippen LogP contribution in [-0.4, -0.2) is 14.5 Å². The summed E-state index contributed by atoms with van der Waals surface area (Å²) in [6.07, 6.45) is -1.78. The molecule has 1 amide bonds. The van der Waals surface area contributed by atoms with Crippen molar-refractivity contribution in [3.63, 3.8) is 0 Å². The second-order valence-corrected chi connectivity index (χ2v) is 10.3. The van der Waals surface area contributed by atoms with E-state index in [4.69, 9.17) is 0 Å². The Hall–Kier alpha value is -2.34. The zero-order valence-electron chi connectivity index (χ0n) is 16.6. The summed E-state index contributed by atoms with van der Waals surface area (Å²) in [5, 5.41) is 12.1. The van der Waals surface area contributed by atoms with E-state index in [1.165, 1.54) is 12.1 Å². The van der Waals surface area contributed by atoms with Gasteiger partial charge in [-0.25, -0.2) is 12.7 Å². The summed E-state index contributed by atoms with van der Waals surface area (Å²) in [5.41, 5.74) is 0.450. The molecule has 0 aliphatic rings. The molecule has 2 aromatic carbocycles. The van der Waals surface area contributed by atoms with Crippen LogP contribution in [-0.2, 0) is 20.9 Å². The molecule has 0 heterocycles. The number of hydrogen-bond donors (Lipinski definition) is 0. The lowest BCUT2D eigenvalue weighted by molar-refractivity contribution is -0.244. The Labute approximate surface area is 161 Å². The quantitative estimate of drug-likeness (QED) is 0.801. The largest absolute Gasteiger partial charge is 0.529 e. The average Bonchev–Trinajstić information content (AvgIpc) is 2.53. The van der Waals surface area contributed by atoms with Crippen molar-refractivity contribution in [2.24, 2.45) is 0 Å². The highest BCUT2D eigenvalue weighted by molar-refractivity contribution is 7.93. The Morgan fingerprint density at radius 3 is 1.63 bits per heavy atom. The third-order valence-electron chi connectivity index (χ3n) is 4.30. The lowest BCUT2D eigenvalue weighted by Gasteiger charge is -2.36. The molecule has 2 aromatic rings. The molecule has 0 bridgehead atoms. The molecule has 0 aliphatic carbocycles. The van der Waals surface area contributed by atoms with Gasteiger partial charge >= 0.3 is 0 Å². The fourth-order valence-electron chi connectivity index (χ4n) is 2.98. The first-order chi connectivity index (χ1) is 12.3. The fraction of sp³-hybridized carbons (Fsp3) is 0.381. The van der Waals surface area contributed by atoms with E-state index < -0.39 is 26.9 Å². The van der Waals surface area contributed by atoms with E-state index in [-0.39, 0.29) is 10.6 Å². The third-order valence-corrected chi connectivity index (χ3v) is 5.98. The Balaban J connectivity index is 2.92. The highest BCUT2D eigenvalue weighted by Gasteiger charge is 2.35. The molecule has 146 valence electrons. The fourth-order valence-corrected chi connectivity index (χ4v) is 4.33. The lowest BCUT2D eigenvalue weighted by atomic mass is 9.79. The minimum atomic E-state index is -4.35. The topological polar surface area (TPSA) is 77.5 Å². The first-order valence-corrected chi connectivity index (χ1v) is 10.2. The Kier molecular flexibility index (Phi) is 5.44. The molecule has 27 heavy (non-hydrogen) atoms. The molecule has 6 heteroatoms. The third kappa shape index (κ3) is 4.16. The maximum Gasteiger partial charge on any atom is 0.269 e. The van der Waals surface area contributed by atoms with Crippen molar-refractivity contribution < 1.29 is 18.3 Å². The summed E-state index contributed by atoms with van der Waals surface area (Å²) in [4.78, 5) is 12.0. The van der Waals surface area contributed by atoms with E-state index in [1.54, 1.807) is 30.3 Å². The van der Waals surface area contributed by atoms with E-state index in [2.05, 4.69) is 0 Å². The predicted molar refractivity (Wildman–Crippen MR) is 105 cm³/mol. The molecule has 0 aliphatic heterocycles. The van der Waals surface area contributed by atoms with E-state index in [0.717, 1.165) is 0 Å². The number of para-hydroxylation sites is 1. The summed E-state index contributed by atoms with van der Waals surface area (Å²) < 4.78 is 26.9. The number of anilines is 1. The van der Waals surface area contributed by atoms with Gasteiger partial charge in [0.05, 0.1) is 10.6 Å². The molecule has 0 saturated carbocycles. The van der Waals surface area contributed by atoms with Crippen molar-refractivity contribution in [1.29, 1.82) is 0 Å². The zero-order valence-corrected chi connectivity index (χ0v) is 17.4. The van der Waals surface area contributed by atoms with E-state index >= 15 is 0 Å². The van der Waals surface area contributed by atoms with Crippen molar-refractivity contribution >= 4 is 21.8 Å². The predicted octanol–water partition coefficient (Wildman–Crippen LogP) is 3.82. The molecular weight excluding hydrogens is 362 g/mol. The van der Waals surface area contributed by atoms with Crippen molar-refractivity contribution in [1.82, 2.24) is 0 Å². The molecule has 0 spiro atoms. The second kappa shape index (κ2) is 7.00. The van der Waals surface area contributed by atoms with Gasteiger partial charge in [-0.05, 0) is 34.1 Å². The molecule has 0 fully saturated rings. The Morgan fingerprint density at radius 2 is 1.26 bits per heavy atom. The molecule has 0 N–H and O–H groups in total. The van der Waals surface area contributed by atoms with E-state index in [9.17, 15) is 18.3 Å². The van der Waals surface area contributed by atoms with Gasteiger partial charge in [-0.1, -0.05) is 77.9 Å². The summed E-state index contributed by atoms with van der Waals surface area (Å²) in [6.45, 7) is 11.5. The van der Waals surface area contributed by atoms with Crippen LogP contribution in [0.1, 0.15) is 52.7 Å². The van der Waals surface area contributed by atoms with Crippen LogP contribution in [0.5, 0.6) is 0 Å². The zero-order chi connectivity index (χ0) is 20.6. The van der Waals surface area contributed by atoms with Crippen LogP contribution in [0.15, 0.2) is 53.4 Å². The van der Waals surface area contributed by atoms with Gasteiger partial charge in [0.2, 0.25) is 0 Å². The summed E-state index contributed by atoms with van der Waals surface area (Å²) in [6, 6.07) is 12.9. The number of carbonyl (C=O) groups is 1. The second-order valence-electron chi connectivity index (χ2n) is 8.55. The first kappa shape index (κ1) is 21.0. The van der Waals surface area contributed by atoms with Gasteiger partial charge in [-0.3, -0.25) is 0 Å². The number of nitrogens with zero attached hydrogens (tertiary/aromatic N) is 1. The van der Waals surface area contributed by atoms with Crippen LogP contribution < -0.4 is 9.41 Å². The van der Waals surface area contributed by atoms with Crippen molar-refractivity contribution in [3.8, 4) is 0 Å². The maximum absolute atomic E-state index is 13.2. The normalized spacial score (nSPS) is 12.7. The maximum atomic E-state index is 13.2. The Bertz CT molecular complexity index is 904. The molecule has 0 saturated heterocycles. The molecule has 0 radical (unpaired) electrons. The van der Waals surface area contributed by atoms with E-state index in [1.807, 2.05) is 47.6 Å². The number of amides is 1. The smallest absolute Gasteiger partial charge is 0.269 e. The minimum Gasteiger partial charge on any atom is -0.529 e. The van der Waals surface area contributed by atoms with Crippen LogP contribution in [0.4, 0.5) is 10.5 Å². The summed E-state index contributed by atoms with van der Waals surface area (Å²) >= 11 is 0. The number of sulfonamides is 1. The molecule has 0 unspecified atom stereocenters. The van der Waals surface area contributed by atoms with E-state index in [0.29, 0.717) is 15.4 Å². The molecule has 2 rings (SSSR count). The van der Waals surface area contributed by atoms with Crippen molar-refractivity contribution in [3.05, 3.63) is 59.7 Å². The highest BCUT2D eigenvalue weighted by atomic mass is 32.2. The molecule has 0 atom stereocenters. The highest BCUT2D eigenvalue weighted by Crippen LogP contribution is 2.41. The van der Waals surface area contributed by atoms with Crippen molar-refractivity contribution in [2.45, 2.75) is 57.3 Å². The first-order valence-electron chi connectivity index (χ1n) is 8.73. The van der Waals surface area contributed by atoms with Gasteiger partial charge in [-0.15, -0.1) is 0 Å². The average molecular weight is 389 g/mol. The minimum absolute atomic E-state index is 0.0993. The summed E-state index contributed by atoms with van der Waals surface area (Å²) in [7, 11) is -4.35. The van der Waals surface area contributed by atoms with Gasteiger partial charge < -0.3 is 9.90 Å². The standard InChI is InChI=1S/C21H27NO4S/c1-20(2,3)16-13-10-14-17(21(4,5)6)18(16)22(19(23)24)27(25,26)15-11-8-7-9-12-15/h7-14H,1-6H3,(H,23,24)/p-1. The van der Waals surface area contributed by atoms with Crippen LogP contribution in [0.3, 0.4) is 0 Å².